The maximum atomic E-state index is 13.3. The lowest BCUT2D eigenvalue weighted by Gasteiger charge is -2.38. The van der Waals surface area contributed by atoms with E-state index in [2.05, 4.69) is 22.2 Å². The molecule has 2 amide bonds. The molecule has 150 valence electrons. The number of nitrogens with one attached hydrogen (secondary N) is 1. The molecule has 0 saturated carbocycles. The van der Waals surface area contributed by atoms with Crippen molar-refractivity contribution in [2.24, 2.45) is 0 Å². The number of halogens is 2. The molecule has 1 aromatic rings. The Bertz CT molecular complexity index is 634. The first kappa shape index (κ1) is 20.0. The van der Waals surface area contributed by atoms with E-state index >= 15 is 0 Å². The number of urea groups is 1. The molecule has 1 unspecified atom stereocenters. The molecular formula is C20H30F2N4O. The molecule has 3 rings (SSSR count). The van der Waals surface area contributed by atoms with Crippen molar-refractivity contribution < 1.29 is 13.6 Å². The molecule has 0 spiro atoms. The predicted molar refractivity (Wildman–Crippen MR) is 101 cm³/mol. The lowest BCUT2D eigenvalue weighted by atomic mass is 9.99. The summed E-state index contributed by atoms with van der Waals surface area (Å²) in [6, 6.07) is 3.87. The van der Waals surface area contributed by atoms with E-state index in [4.69, 9.17) is 0 Å². The van der Waals surface area contributed by atoms with Crippen LogP contribution in [0.1, 0.15) is 31.2 Å². The third-order valence-electron chi connectivity index (χ3n) is 5.69. The van der Waals surface area contributed by atoms with Crippen molar-refractivity contribution in [1.82, 2.24) is 20.0 Å². The van der Waals surface area contributed by atoms with Gasteiger partial charge in [-0.05, 0) is 50.4 Å². The molecule has 0 bridgehead atoms. The highest BCUT2D eigenvalue weighted by atomic mass is 19.2. The fourth-order valence-electron chi connectivity index (χ4n) is 3.90. The van der Waals surface area contributed by atoms with Gasteiger partial charge in [0, 0.05) is 51.9 Å². The van der Waals surface area contributed by atoms with Crippen LogP contribution < -0.4 is 5.32 Å². The third-order valence-corrected chi connectivity index (χ3v) is 5.69. The summed E-state index contributed by atoms with van der Waals surface area (Å²) in [6.45, 7) is 6.36. The summed E-state index contributed by atoms with van der Waals surface area (Å²) >= 11 is 0. The fraction of sp³-hybridized carbons (Fsp3) is 0.650. The predicted octanol–water partition coefficient (Wildman–Crippen LogP) is 2.67. The van der Waals surface area contributed by atoms with Gasteiger partial charge in [0.25, 0.3) is 0 Å². The van der Waals surface area contributed by atoms with Gasteiger partial charge in [-0.1, -0.05) is 6.07 Å². The Morgan fingerprint density at radius 1 is 1.11 bits per heavy atom. The Morgan fingerprint density at radius 3 is 2.63 bits per heavy atom. The van der Waals surface area contributed by atoms with E-state index in [1.807, 2.05) is 4.90 Å². The van der Waals surface area contributed by atoms with E-state index in [0.29, 0.717) is 5.56 Å². The number of piperidine rings is 1. The highest BCUT2D eigenvalue weighted by molar-refractivity contribution is 5.74. The van der Waals surface area contributed by atoms with Gasteiger partial charge in [0.1, 0.15) is 0 Å². The second-order valence-corrected chi connectivity index (χ2v) is 7.68. The van der Waals surface area contributed by atoms with Crippen LogP contribution in [-0.4, -0.2) is 73.1 Å². The van der Waals surface area contributed by atoms with Crippen LogP contribution in [0.15, 0.2) is 18.2 Å². The lowest BCUT2D eigenvalue weighted by molar-refractivity contribution is 0.117. The van der Waals surface area contributed by atoms with Crippen molar-refractivity contribution in [3.63, 3.8) is 0 Å². The SMILES string of the molecule is CN1CCN(CCC2CCCCN2C(=O)NCc2ccc(F)c(F)c2)CC1. The van der Waals surface area contributed by atoms with Crippen LogP contribution in [0.4, 0.5) is 13.6 Å². The molecule has 5 nitrogen and oxygen atoms in total. The zero-order valence-electron chi connectivity index (χ0n) is 16.1. The summed E-state index contributed by atoms with van der Waals surface area (Å²) in [6.07, 6.45) is 4.19. The van der Waals surface area contributed by atoms with Crippen LogP contribution in [0.3, 0.4) is 0 Å². The fourth-order valence-corrected chi connectivity index (χ4v) is 3.90. The Balaban J connectivity index is 1.49. The molecule has 1 N–H and O–H groups in total. The minimum Gasteiger partial charge on any atom is -0.334 e. The molecule has 2 saturated heterocycles. The van der Waals surface area contributed by atoms with Gasteiger partial charge in [0.15, 0.2) is 11.6 Å². The Kier molecular flexibility index (Phi) is 7.01. The molecule has 1 atom stereocenters. The number of benzene rings is 1. The molecule has 0 aliphatic carbocycles. The Morgan fingerprint density at radius 2 is 1.89 bits per heavy atom. The van der Waals surface area contributed by atoms with E-state index in [1.54, 1.807) is 0 Å². The Labute approximate surface area is 160 Å². The molecule has 0 aromatic heterocycles. The van der Waals surface area contributed by atoms with Gasteiger partial charge in [0.2, 0.25) is 0 Å². The molecule has 1 aromatic carbocycles. The summed E-state index contributed by atoms with van der Waals surface area (Å²) < 4.78 is 26.3. The van der Waals surface area contributed by atoms with Crippen LogP contribution in [0.5, 0.6) is 0 Å². The molecule has 2 aliphatic rings. The maximum Gasteiger partial charge on any atom is 0.317 e. The number of hydrogen-bond acceptors (Lipinski definition) is 3. The number of rotatable bonds is 5. The van der Waals surface area contributed by atoms with Crippen molar-refractivity contribution in [3.8, 4) is 0 Å². The first-order valence-corrected chi connectivity index (χ1v) is 9.92. The van der Waals surface area contributed by atoms with Crippen molar-refractivity contribution in [2.75, 3.05) is 46.3 Å². The van der Waals surface area contributed by atoms with Crippen LogP contribution in [0, 0.1) is 11.6 Å². The van der Waals surface area contributed by atoms with E-state index in [0.717, 1.165) is 77.1 Å². The maximum absolute atomic E-state index is 13.3. The molecular weight excluding hydrogens is 350 g/mol. The van der Waals surface area contributed by atoms with Gasteiger partial charge in [-0.15, -0.1) is 0 Å². The summed E-state index contributed by atoms with van der Waals surface area (Å²) in [5.74, 6) is -1.75. The number of carbonyl (C=O) groups is 1. The van der Waals surface area contributed by atoms with Crippen LogP contribution in [-0.2, 0) is 6.54 Å². The molecule has 0 radical (unpaired) electrons. The van der Waals surface area contributed by atoms with Gasteiger partial charge in [-0.2, -0.15) is 0 Å². The minimum atomic E-state index is -0.884. The smallest absolute Gasteiger partial charge is 0.317 e. The number of likely N-dealkylation sites (N-methyl/N-ethyl adjacent to an activating group) is 1. The van der Waals surface area contributed by atoms with Gasteiger partial charge in [-0.25, -0.2) is 13.6 Å². The highest BCUT2D eigenvalue weighted by Gasteiger charge is 2.27. The molecule has 2 fully saturated rings. The number of nitrogens with zero attached hydrogens (tertiary/aromatic N) is 3. The Hall–Kier alpha value is -1.73. The van der Waals surface area contributed by atoms with E-state index in [-0.39, 0.29) is 18.6 Å². The first-order chi connectivity index (χ1) is 13.0. The number of piperazine rings is 1. The van der Waals surface area contributed by atoms with Crippen LogP contribution >= 0.6 is 0 Å². The number of carbonyl (C=O) groups excluding carboxylic acids is 1. The summed E-state index contributed by atoms with van der Waals surface area (Å²) in [7, 11) is 2.15. The highest BCUT2D eigenvalue weighted by Crippen LogP contribution is 2.20. The largest absolute Gasteiger partial charge is 0.334 e. The normalized spacial score (nSPS) is 22.0. The van der Waals surface area contributed by atoms with Crippen molar-refractivity contribution in [2.45, 2.75) is 38.3 Å². The average molecular weight is 380 g/mol. The summed E-state index contributed by atoms with van der Waals surface area (Å²) in [5, 5.41) is 2.87. The van der Waals surface area contributed by atoms with Crippen molar-refractivity contribution in [1.29, 1.82) is 0 Å². The quantitative estimate of drug-likeness (QED) is 0.854. The topological polar surface area (TPSA) is 38.8 Å². The summed E-state index contributed by atoms with van der Waals surface area (Å²) in [4.78, 5) is 19.4. The zero-order valence-corrected chi connectivity index (χ0v) is 16.1. The average Bonchev–Trinajstić information content (AvgIpc) is 2.68. The van der Waals surface area contributed by atoms with Gasteiger partial charge < -0.3 is 20.0 Å². The van der Waals surface area contributed by atoms with E-state index in [1.165, 1.54) is 6.07 Å². The van der Waals surface area contributed by atoms with Gasteiger partial charge in [0.05, 0.1) is 0 Å². The minimum absolute atomic E-state index is 0.109. The van der Waals surface area contributed by atoms with Crippen molar-refractivity contribution in [3.05, 3.63) is 35.4 Å². The molecule has 27 heavy (non-hydrogen) atoms. The summed E-state index contributed by atoms with van der Waals surface area (Å²) in [5.41, 5.74) is 0.563. The van der Waals surface area contributed by atoms with Crippen molar-refractivity contribution >= 4 is 6.03 Å². The van der Waals surface area contributed by atoms with E-state index < -0.39 is 11.6 Å². The van der Waals surface area contributed by atoms with Crippen LogP contribution in [0.2, 0.25) is 0 Å². The number of hydrogen-bond donors (Lipinski definition) is 1. The lowest BCUT2D eigenvalue weighted by Crippen LogP contribution is -2.50. The van der Waals surface area contributed by atoms with Crippen LogP contribution in [0.25, 0.3) is 0 Å². The molecule has 2 aliphatic heterocycles. The second kappa shape index (κ2) is 9.46. The zero-order chi connectivity index (χ0) is 19.2. The standard InChI is InChI=1S/C20H30F2N4O/c1-24-10-12-25(13-11-24)9-7-17-4-2-3-8-26(17)20(27)23-15-16-5-6-18(21)19(22)14-16/h5-6,14,17H,2-4,7-13,15H2,1H3,(H,23,27). The van der Waals surface area contributed by atoms with Gasteiger partial charge in [-0.3, -0.25) is 0 Å². The first-order valence-electron chi connectivity index (χ1n) is 9.92. The third kappa shape index (κ3) is 5.62. The molecule has 7 heteroatoms. The number of amides is 2. The monoisotopic (exact) mass is 380 g/mol. The second-order valence-electron chi connectivity index (χ2n) is 7.68. The van der Waals surface area contributed by atoms with E-state index in [9.17, 15) is 13.6 Å². The van der Waals surface area contributed by atoms with Gasteiger partial charge >= 0.3 is 6.03 Å². The number of likely N-dealkylation sites (tertiary alicyclic amines) is 1. The molecule has 2 heterocycles.